The first-order valence-electron chi connectivity index (χ1n) is 8.21. The van der Waals surface area contributed by atoms with E-state index in [0.717, 1.165) is 31.4 Å². The van der Waals surface area contributed by atoms with E-state index < -0.39 is 0 Å². The fraction of sp³-hybridized carbons (Fsp3) is 0.444. The van der Waals surface area contributed by atoms with Gasteiger partial charge in [0.2, 0.25) is 0 Å². The number of fused-ring (bicyclic) bond motifs is 2. The van der Waals surface area contributed by atoms with E-state index in [1.807, 2.05) is 23.1 Å². The second-order valence-electron chi connectivity index (χ2n) is 6.73. The van der Waals surface area contributed by atoms with Gasteiger partial charge in [-0.3, -0.25) is 9.78 Å². The summed E-state index contributed by atoms with van der Waals surface area (Å²) in [5, 5.41) is 11.4. The third-order valence-corrected chi connectivity index (χ3v) is 5.20. The van der Waals surface area contributed by atoms with E-state index in [1.165, 1.54) is 6.42 Å². The molecule has 1 N–H and O–H groups in total. The Labute approximate surface area is 135 Å². The third kappa shape index (κ3) is 2.36. The van der Waals surface area contributed by atoms with Crippen LogP contribution >= 0.6 is 0 Å². The number of rotatable bonds is 1. The monoisotopic (exact) mass is 311 g/mol. The molecule has 1 amide bonds. The summed E-state index contributed by atoms with van der Waals surface area (Å²) in [4.78, 5) is 21.5. The number of carbonyl (C=O) groups is 1. The van der Waals surface area contributed by atoms with Gasteiger partial charge in [-0.05, 0) is 37.9 Å². The van der Waals surface area contributed by atoms with Gasteiger partial charge in [-0.2, -0.15) is 0 Å². The number of carbonyl (C=O) groups excluding carboxylic acids is 1. The highest BCUT2D eigenvalue weighted by Crippen LogP contribution is 2.33. The number of phenols is 1. The van der Waals surface area contributed by atoms with Crippen LogP contribution in [-0.2, 0) is 0 Å². The van der Waals surface area contributed by atoms with Crippen LogP contribution in [0.5, 0.6) is 5.75 Å². The lowest BCUT2D eigenvalue weighted by Crippen LogP contribution is -2.48. The molecule has 3 heterocycles. The van der Waals surface area contributed by atoms with Crippen molar-refractivity contribution in [1.29, 1.82) is 0 Å². The van der Waals surface area contributed by atoms with Gasteiger partial charge < -0.3 is 14.9 Å². The lowest BCUT2D eigenvalue weighted by Gasteiger charge is -2.37. The first-order chi connectivity index (χ1) is 11.1. The van der Waals surface area contributed by atoms with E-state index in [4.69, 9.17) is 0 Å². The molecule has 0 bridgehead atoms. The van der Waals surface area contributed by atoms with Crippen LogP contribution in [0.3, 0.4) is 0 Å². The molecular formula is C18H21N3O2. The zero-order valence-electron chi connectivity index (χ0n) is 13.3. The number of aromatic hydroxyl groups is 1. The van der Waals surface area contributed by atoms with E-state index in [-0.39, 0.29) is 17.7 Å². The first-order valence-corrected chi connectivity index (χ1v) is 8.21. The van der Waals surface area contributed by atoms with Gasteiger partial charge in [0.25, 0.3) is 5.91 Å². The Kier molecular flexibility index (Phi) is 3.45. The molecule has 2 atom stereocenters. The molecule has 0 spiro atoms. The molecular weight excluding hydrogens is 290 g/mol. The Morgan fingerprint density at radius 1 is 1.30 bits per heavy atom. The fourth-order valence-corrected chi connectivity index (χ4v) is 4.10. The molecule has 2 saturated heterocycles. The molecule has 1 aromatic heterocycles. The van der Waals surface area contributed by atoms with E-state index in [0.29, 0.717) is 17.0 Å². The molecule has 23 heavy (non-hydrogen) atoms. The number of hydrogen-bond donors (Lipinski definition) is 1. The van der Waals surface area contributed by atoms with Crippen LogP contribution in [-0.4, -0.2) is 58.5 Å². The van der Waals surface area contributed by atoms with Crippen LogP contribution in [0.15, 0.2) is 30.5 Å². The van der Waals surface area contributed by atoms with Crippen molar-refractivity contribution < 1.29 is 9.90 Å². The standard InChI is InChI=1S/C18H21N3O2/c1-20-10-13-5-3-9-21(15(13)11-20)18(23)14-7-6-12-4-2-8-19-16(12)17(14)22/h2,4,6-8,13,15,22H,3,5,9-11H2,1H3/t13-,15+/m0/s1. The summed E-state index contributed by atoms with van der Waals surface area (Å²) < 4.78 is 0. The molecule has 2 aliphatic rings. The number of likely N-dealkylation sites (tertiary alicyclic amines) is 2. The molecule has 2 aromatic rings. The average molecular weight is 311 g/mol. The summed E-state index contributed by atoms with van der Waals surface area (Å²) in [7, 11) is 2.11. The minimum atomic E-state index is -0.0694. The summed E-state index contributed by atoms with van der Waals surface area (Å²) in [5.74, 6) is 0.486. The molecule has 1 aromatic carbocycles. The number of amides is 1. The minimum Gasteiger partial charge on any atom is -0.505 e. The van der Waals surface area contributed by atoms with Gasteiger partial charge in [0, 0.05) is 37.3 Å². The number of hydrogen-bond acceptors (Lipinski definition) is 4. The topological polar surface area (TPSA) is 56.7 Å². The van der Waals surface area contributed by atoms with Crippen molar-refractivity contribution in [3.8, 4) is 5.75 Å². The molecule has 0 aliphatic carbocycles. The molecule has 5 heteroatoms. The van der Waals surface area contributed by atoms with Crippen LogP contribution in [0.2, 0.25) is 0 Å². The van der Waals surface area contributed by atoms with Gasteiger partial charge in [-0.25, -0.2) is 0 Å². The highest BCUT2D eigenvalue weighted by Gasteiger charge is 2.40. The van der Waals surface area contributed by atoms with Crippen LogP contribution in [0.4, 0.5) is 0 Å². The smallest absolute Gasteiger partial charge is 0.257 e. The number of benzene rings is 1. The molecule has 0 unspecified atom stereocenters. The van der Waals surface area contributed by atoms with E-state index >= 15 is 0 Å². The van der Waals surface area contributed by atoms with Gasteiger partial charge in [0.1, 0.15) is 5.52 Å². The molecule has 120 valence electrons. The van der Waals surface area contributed by atoms with E-state index in [2.05, 4.69) is 16.9 Å². The van der Waals surface area contributed by atoms with Crippen molar-refractivity contribution >= 4 is 16.8 Å². The second-order valence-corrected chi connectivity index (χ2v) is 6.73. The number of phenolic OH excluding ortho intramolecular Hbond substituents is 1. The Morgan fingerprint density at radius 2 is 2.17 bits per heavy atom. The summed E-state index contributed by atoms with van der Waals surface area (Å²) >= 11 is 0. The van der Waals surface area contributed by atoms with Gasteiger partial charge in [0.05, 0.1) is 5.56 Å². The average Bonchev–Trinajstić information content (AvgIpc) is 2.95. The van der Waals surface area contributed by atoms with Gasteiger partial charge in [0.15, 0.2) is 5.75 Å². The van der Waals surface area contributed by atoms with Crippen LogP contribution in [0.1, 0.15) is 23.2 Å². The van der Waals surface area contributed by atoms with Crippen molar-refractivity contribution in [3.63, 3.8) is 0 Å². The molecule has 2 fully saturated rings. The van der Waals surface area contributed by atoms with E-state index in [9.17, 15) is 9.90 Å². The van der Waals surface area contributed by atoms with Crippen molar-refractivity contribution in [2.24, 2.45) is 5.92 Å². The summed E-state index contributed by atoms with van der Waals surface area (Å²) in [6.07, 6.45) is 3.86. The summed E-state index contributed by atoms with van der Waals surface area (Å²) in [6, 6.07) is 7.56. The molecule has 0 saturated carbocycles. The molecule has 2 aliphatic heterocycles. The van der Waals surface area contributed by atoms with Crippen molar-refractivity contribution in [1.82, 2.24) is 14.8 Å². The summed E-state index contributed by atoms with van der Waals surface area (Å²) in [5.41, 5.74) is 0.863. The molecule has 5 nitrogen and oxygen atoms in total. The van der Waals surface area contributed by atoms with Gasteiger partial charge >= 0.3 is 0 Å². The number of nitrogens with zero attached hydrogens (tertiary/aromatic N) is 3. The SMILES string of the molecule is CN1C[C@@H]2CCCN(C(=O)c3ccc4cccnc4c3O)[C@@H]2C1. The van der Waals surface area contributed by atoms with Crippen LogP contribution < -0.4 is 0 Å². The Balaban J connectivity index is 1.70. The number of aromatic nitrogens is 1. The van der Waals surface area contributed by atoms with Crippen LogP contribution in [0, 0.1) is 5.92 Å². The van der Waals surface area contributed by atoms with Crippen molar-refractivity contribution in [2.45, 2.75) is 18.9 Å². The van der Waals surface area contributed by atoms with Gasteiger partial charge in [-0.15, -0.1) is 0 Å². The van der Waals surface area contributed by atoms with Crippen molar-refractivity contribution in [2.75, 3.05) is 26.7 Å². The zero-order chi connectivity index (χ0) is 16.0. The predicted molar refractivity (Wildman–Crippen MR) is 88.5 cm³/mol. The maximum Gasteiger partial charge on any atom is 0.257 e. The zero-order valence-corrected chi connectivity index (χ0v) is 13.3. The predicted octanol–water partition coefficient (Wildman–Crippen LogP) is 2.11. The minimum absolute atomic E-state index is 0.00146. The first kappa shape index (κ1) is 14.5. The normalized spacial score (nSPS) is 24.8. The van der Waals surface area contributed by atoms with Crippen molar-refractivity contribution in [3.05, 3.63) is 36.0 Å². The van der Waals surface area contributed by atoms with E-state index in [1.54, 1.807) is 12.3 Å². The highest BCUT2D eigenvalue weighted by atomic mass is 16.3. The lowest BCUT2D eigenvalue weighted by molar-refractivity contribution is 0.0569. The summed E-state index contributed by atoms with van der Waals surface area (Å²) in [6.45, 7) is 2.75. The lowest BCUT2D eigenvalue weighted by atomic mass is 9.91. The fourth-order valence-electron chi connectivity index (χ4n) is 4.10. The third-order valence-electron chi connectivity index (χ3n) is 5.20. The highest BCUT2D eigenvalue weighted by molar-refractivity contribution is 6.02. The Hall–Kier alpha value is -2.14. The Morgan fingerprint density at radius 3 is 3.04 bits per heavy atom. The van der Waals surface area contributed by atoms with Gasteiger partial charge in [-0.1, -0.05) is 12.1 Å². The molecule has 0 radical (unpaired) electrons. The quantitative estimate of drug-likeness (QED) is 0.876. The molecule has 4 rings (SSSR count). The van der Waals surface area contributed by atoms with Crippen LogP contribution in [0.25, 0.3) is 10.9 Å². The number of likely N-dealkylation sites (N-methyl/N-ethyl adjacent to an activating group) is 1. The maximum atomic E-state index is 13.0. The second kappa shape index (κ2) is 5.49. The largest absolute Gasteiger partial charge is 0.505 e. The number of piperidine rings is 1. The number of pyridine rings is 1. The maximum absolute atomic E-state index is 13.0. The Bertz CT molecular complexity index is 761.